The second kappa shape index (κ2) is 7.02. The number of methoxy groups -OCH3 is 1. The van der Waals surface area contributed by atoms with Gasteiger partial charge in [0.05, 0.1) is 6.10 Å². The van der Waals surface area contributed by atoms with Gasteiger partial charge in [0.2, 0.25) is 5.91 Å². The molecular formula is C16H25N3O2. The van der Waals surface area contributed by atoms with Gasteiger partial charge in [0, 0.05) is 20.2 Å². The van der Waals surface area contributed by atoms with E-state index in [0.717, 1.165) is 38.0 Å². The predicted molar refractivity (Wildman–Crippen MR) is 82.6 cm³/mol. The molecule has 116 valence electrons. The Morgan fingerprint density at radius 3 is 2.76 bits per heavy atom. The van der Waals surface area contributed by atoms with Gasteiger partial charge in [-0.05, 0) is 31.4 Å². The summed E-state index contributed by atoms with van der Waals surface area (Å²) >= 11 is 0. The van der Waals surface area contributed by atoms with Gasteiger partial charge in [-0.3, -0.25) is 4.79 Å². The molecule has 1 aliphatic rings. The molecule has 1 amide bonds. The van der Waals surface area contributed by atoms with E-state index in [1.807, 2.05) is 30.3 Å². The van der Waals surface area contributed by atoms with Crippen molar-refractivity contribution in [3.8, 4) is 0 Å². The molecule has 2 rings (SSSR count). The number of likely N-dealkylation sites (tertiary alicyclic amines) is 1. The lowest BCUT2D eigenvalue weighted by atomic mass is 9.86. The number of carbonyl (C=O) groups excluding carboxylic acids is 1. The van der Waals surface area contributed by atoms with Gasteiger partial charge in [0.1, 0.15) is 5.54 Å². The molecule has 4 N–H and O–H groups in total. The third-order valence-corrected chi connectivity index (χ3v) is 4.35. The number of primary amides is 1. The Balaban J connectivity index is 2.02. The maximum absolute atomic E-state index is 11.9. The van der Waals surface area contributed by atoms with Crippen LogP contribution in [0.1, 0.15) is 24.8 Å². The largest absolute Gasteiger partial charge is 0.380 e. The highest BCUT2D eigenvalue weighted by Gasteiger charge is 2.34. The van der Waals surface area contributed by atoms with Crippen LogP contribution in [0.2, 0.25) is 0 Å². The highest BCUT2D eigenvalue weighted by Crippen LogP contribution is 2.23. The van der Waals surface area contributed by atoms with Crippen molar-refractivity contribution in [2.45, 2.75) is 30.9 Å². The normalized spacial score (nSPS) is 22.7. The topological polar surface area (TPSA) is 81.6 Å². The van der Waals surface area contributed by atoms with Crippen molar-refractivity contribution in [2.24, 2.45) is 11.5 Å². The van der Waals surface area contributed by atoms with E-state index in [1.54, 1.807) is 7.11 Å². The van der Waals surface area contributed by atoms with E-state index in [-0.39, 0.29) is 6.10 Å². The number of nitrogens with two attached hydrogens (primary N) is 2. The minimum Gasteiger partial charge on any atom is -0.380 e. The van der Waals surface area contributed by atoms with E-state index in [1.165, 1.54) is 0 Å². The molecule has 1 saturated heterocycles. The lowest BCUT2D eigenvalue weighted by molar-refractivity contribution is -0.123. The number of amides is 1. The quantitative estimate of drug-likeness (QED) is 0.813. The van der Waals surface area contributed by atoms with Crippen LogP contribution in [0.25, 0.3) is 0 Å². The number of hydrogen-bond acceptors (Lipinski definition) is 4. The second-order valence-corrected chi connectivity index (χ2v) is 5.75. The lowest BCUT2D eigenvalue weighted by Gasteiger charge is -2.34. The fourth-order valence-electron chi connectivity index (χ4n) is 2.89. The predicted octanol–water partition coefficient (Wildman–Crippen LogP) is 0.827. The summed E-state index contributed by atoms with van der Waals surface area (Å²) in [4.78, 5) is 14.2. The van der Waals surface area contributed by atoms with E-state index in [0.29, 0.717) is 6.42 Å². The van der Waals surface area contributed by atoms with E-state index in [4.69, 9.17) is 16.2 Å². The first-order valence-corrected chi connectivity index (χ1v) is 7.45. The van der Waals surface area contributed by atoms with Crippen LogP contribution in [0.3, 0.4) is 0 Å². The van der Waals surface area contributed by atoms with Crippen LogP contribution in [-0.4, -0.2) is 43.7 Å². The maximum Gasteiger partial charge on any atom is 0.242 e. The number of carbonyl (C=O) groups is 1. The second-order valence-electron chi connectivity index (χ2n) is 5.75. The van der Waals surface area contributed by atoms with Crippen LogP contribution < -0.4 is 11.5 Å². The Bertz CT molecular complexity index is 466. The molecular weight excluding hydrogens is 266 g/mol. The highest BCUT2D eigenvalue weighted by molar-refractivity contribution is 5.85. The fourth-order valence-corrected chi connectivity index (χ4v) is 2.89. The summed E-state index contributed by atoms with van der Waals surface area (Å²) in [5, 5.41) is 0. The molecule has 0 saturated carbocycles. The molecule has 0 aliphatic carbocycles. The maximum atomic E-state index is 11.9. The molecule has 0 bridgehead atoms. The first kappa shape index (κ1) is 15.9. The molecule has 1 aromatic rings. The van der Waals surface area contributed by atoms with Crippen LogP contribution in [0.15, 0.2) is 30.3 Å². The van der Waals surface area contributed by atoms with Crippen LogP contribution in [0, 0.1) is 0 Å². The van der Waals surface area contributed by atoms with Gasteiger partial charge < -0.3 is 21.1 Å². The standard InChI is InChI=1S/C16H25N3O2/c1-21-14-8-5-10-19(12-14)11-9-16(18,15(17)20)13-6-3-2-4-7-13/h2-4,6-7,14H,5,8-12,18H2,1H3,(H2,17,20). The van der Waals surface area contributed by atoms with Crippen molar-refractivity contribution in [3.63, 3.8) is 0 Å². The Labute approximate surface area is 126 Å². The summed E-state index contributed by atoms with van der Waals surface area (Å²) in [6, 6.07) is 9.38. The number of ether oxygens (including phenoxy) is 1. The molecule has 21 heavy (non-hydrogen) atoms. The molecule has 0 radical (unpaired) electrons. The molecule has 2 unspecified atom stereocenters. The molecule has 1 aliphatic heterocycles. The Kier molecular flexibility index (Phi) is 5.33. The van der Waals surface area contributed by atoms with E-state index < -0.39 is 11.4 Å². The number of benzene rings is 1. The zero-order valence-electron chi connectivity index (χ0n) is 12.6. The minimum atomic E-state index is -1.11. The van der Waals surface area contributed by atoms with Gasteiger partial charge in [-0.2, -0.15) is 0 Å². The van der Waals surface area contributed by atoms with Gasteiger partial charge in [0.25, 0.3) is 0 Å². The summed E-state index contributed by atoms with van der Waals surface area (Å²) in [7, 11) is 1.74. The van der Waals surface area contributed by atoms with Crippen molar-refractivity contribution in [1.82, 2.24) is 4.90 Å². The lowest BCUT2D eigenvalue weighted by Crippen LogP contribution is -2.52. The summed E-state index contributed by atoms with van der Waals surface area (Å²) in [5.74, 6) is -0.478. The Morgan fingerprint density at radius 2 is 2.14 bits per heavy atom. The molecule has 1 fully saturated rings. The van der Waals surface area contributed by atoms with E-state index in [2.05, 4.69) is 4.90 Å². The van der Waals surface area contributed by atoms with Gasteiger partial charge in [-0.1, -0.05) is 30.3 Å². The molecule has 1 heterocycles. The summed E-state index contributed by atoms with van der Waals surface area (Å²) in [5.41, 5.74) is 11.5. The van der Waals surface area contributed by atoms with Crippen molar-refractivity contribution in [2.75, 3.05) is 26.7 Å². The minimum absolute atomic E-state index is 0.274. The molecule has 1 aromatic carbocycles. The molecule has 5 nitrogen and oxygen atoms in total. The number of piperidine rings is 1. The van der Waals surface area contributed by atoms with Crippen LogP contribution >= 0.6 is 0 Å². The summed E-state index contributed by atoms with van der Waals surface area (Å²) < 4.78 is 5.42. The fraction of sp³-hybridized carbons (Fsp3) is 0.562. The monoisotopic (exact) mass is 291 g/mol. The zero-order valence-corrected chi connectivity index (χ0v) is 12.6. The Hall–Kier alpha value is -1.43. The molecule has 0 spiro atoms. The van der Waals surface area contributed by atoms with Crippen molar-refractivity contribution >= 4 is 5.91 Å². The third kappa shape index (κ3) is 3.81. The average Bonchev–Trinajstić information content (AvgIpc) is 2.53. The van der Waals surface area contributed by atoms with Gasteiger partial charge in [-0.15, -0.1) is 0 Å². The van der Waals surface area contributed by atoms with Gasteiger partial charge >= 0.3 is 0 Å². The summed E-state index contributed by atoms with van der Waals surface area (Å²) in [6.45, 7) is 2.65. The average molecular weight is 291 g/mol. The highest BCUT2D eigenvalue weighted by atomic mass is 16.5. The van der Waals surface area contributed by atoms with Crippen molar-refractivity contribution in [3.05, 3.63) is 35.9 Å². The summed E-state index contributed by atoms with van der Waals surface area (Å²) in [6.07, 6.45) is 2.99. The number of hydrogen-bond donors (Lipinski definition) is 2. The van der Waals surface area contributed by atoms with E-state index >= 15 is 0 Å². The number of nitrogens with zero attached hydrogens (tertiary/aromatic N) is 1. The van der Waals surface area contributed by atoms with Crippen LogP contribution in [0.5, 0.6) is 0 Å². The first-order valence-electron chi connectivity index (χ1n) is 7.45. The molecule has 2 atom stereocenters. The molecule has 0 aromatic heterocycles. The van der Waals surface area contributed by atoms with Crippen molar-refractivity contribution in [1.29, 1.82) is 0 Å². The SMILES string of the molecule is COC1CCCN(CCC(N)(C(N)=O)c2ccccc2)C1. The number of rotatable bonds is 6. The van der Waals surface area contributed by atoms with Crippen LogP contribution in [-0.2, 0) is 15.1 Å². The smallest absolute Gasteiger partial charge is 0.242 e. The Morgan fingerprint density at radius 1 is 1.43 bits per heavy atom. The van der Waals surface area contributed by atoms with Crippen molar-refractivity contribution < 1.29 is 9.53 Å². The van der Waals surface area contributed by atoms with Gasteiger partial charge in [-0.25, -0.2) is 0 Å². The van der Waals surface area contributed by atoms with Gasteiger partial charge in [0.15, 0.2) is 0 Å². The van der Waals surface area contributed by atoms with E-state index in [9.17, 15) is 4.79 Å². The zero-order chi connectivity index (χ0) is 15.3. The van der Waals surface area contributed by atoms with Crippen LogP contribution in [0.4, 0.5) is 0 Å². The third-order valence-electron chi connectivity index (χ3n) is 4.35. The first-order chi connectivity index (χ1) is 10.1. The molecule has 5 heteroatoms.